The van der Waals surface area contributed by atoms with E-state index in [4.69, 9.17) is 11.1 Å². The first kappa shape index (κ1) is 25.8. The zero-order valence-corrected chi connectivity index (χ0v) is 19.9. The number of rotatable bonds is 14. The zero-order chi connectivity index (χ0) is 23.3. The molecule has 0 saturated carbocycles. The SMILES string of the molecule is CCCCCCCCCC(=O)NCC(=O)N1CCC[C@H]1C(=O)NCc1cc(C(=N)N)cs1. The number of unbranched alkanes of at least 4 members (excludes halogenated alkanes) is 6. The Kier molecular flexibility index (Phi) is 11.2. The number of hydrogen-bond donors (Lipinski definition) is 4. The molecule has 9 heteroatoms. The van der Waals surface area contributed by atoms with Crippen LogP contribution in [0.2, 0.25) is 0 Å². The molecule has 0 unspecified atom stereocenters. The van der Waals surface area contributed by atoms with Crippen molar-refractivity contribution in [3.05, 3.63) is 21.9 Å². The number of carbonyl (C=O) groups excluding carboxylic acids is 3. The number of hydrogen-bond acceptors (Lipinski definition) is 5. The third kappa shape index (κ3) is 8.61. The summed E-state index contributed by atoms with van der Waals surface area (Å²) in [4.78, 5) is 39.7. The minimum Gasteiger partial charge on any atom is -0.384 e. The van der Waals surface area contributed by atoms with Crippen molar-refractivity contribution >= 4 is 34.9 Å². The molecule has 0 aliphatic carbocycles. The summed E-state index contributed by atoms with van der Waals surface area (Å²) >= 11 is 1.43. The van der Waals surface area contributed by atoms with Gasteiger partial charge in [-0.3, -0.25) is 19.8 Å². The van der Waals surface area contributed by atoms with Crippen LogP contribution < -0.4 is 16.4 Å². The van der Waals surface area contributed by atoms with Gasteiger partial charge in [-0.1, -0.05) is 45.4 Å². The van der Waals surface area contributed by atoms with E-state index in [9.17, 15) is 14.4 Å². The maximum atomic E-state index is 12.6. The van der Waals surface area contributed by atoms with Crippen molar-refractivity contribution in [2.45, 2.75) is 83.7 Å². The number of nitrogens with zero attached hydrogens (tertiary/aromatic N) is 1. The summed E-state index contributed by atoms with van der Waals surface area (Å²) in [5.41, 5.74) is 6.11. The van der Waals surface area contributed by atoms with Crippen molar-refractivity contribution in [3.63, 3.8) is 0 Å². The molecule has 3 amide bonds. The Morgan fingerprint density at radius 1 is 1.16 bits per heavy atom. The second-order valence-electron chi connectivity index (χ2n) is 8.33. The van der Waals surface area contributed by atoms with E-state index >= 15 is 0 Å². The lowest BCUT2D eigenvalue weighted by molar-refractivity contribution is -0.138. The number of nitrogens with one attached hydrogen (secondary N) is 3. The fraction of sp³-hybridized carbons (Fsp3) is 0.652. The van der Waals surface area contributed by atoms with Crippen molar-refractivity contribution in [2.75, 3.05) is 13.1 Å². The standard InChI is InChI=1S/C23H37N5O3S/c1-2-3-4-5-6-7-8-11-20(29)26-15-21(30)28-12-9-10-19(28)23(31)27-14-18-13-17(16-32-18)22(24)25/h13,16,19H,2-12,14-15H2,1H3,(H3,24,25)(H,26,29)(H,27,31)/t19-/m0/s1. The summed E-state index contributed by atoms with van der Waals surface area (Å²) < 4.78 is 0. The van der Waals surface area contributed by atoms with Crippen LogP contribution in [-0.2, 0) is 20.9 Å². The minimum absolute atomic E-state index is 0.000382. The lowest BCUT2D eigenvalue weighted by Crippen LogP contribution is -2.48. The molecule has 1 fully saturated rings. The van der Waals surface area contributed by atoms with Gasteiger partial charge in [-0.25, -0.2) is 0 Å². The highest BCUT2D eigenvalue weighted by Crippen LogP contribution is 2.19. The number of likely N-dealkylation sites (tertiary alicyclic amines) is 1. The number of amidine groups is 1. The van der Waals surface area contributed by atoms with E-state index in [0.29, 0.717) is 31.5 Å². The second-order valence-corrected chi connectivity index (χ2v) is 9.32. The molecule has 8 nitrogen and oxygen atoms in total. The van der Waals surface area contributed by atoms with Crippen molar-refractivity contribution in [2.24, 2.45) is 5.73 Å². The van der Waals surface area contributed by atoms with E-state index in [2.05, 4.69) is 17.6 Å². The van der Waals surface area contributed by atoms with Gasteiger partial charge in [0, 0.05) is 28.8 Å². The summed E-state index contributed by atoms with van der Waals surface area (Å²) in [6.07, 6.45) is 9.83. The van der Waals surface area contributed by atoms with Gasteiger partial charge >= 0.3 is 0 Å². The molecule has 0 bridgehead atoms. The molecule has 1 aliphatic heterocycles. The molecule has 0 aromatic carbocycles. The minimum atomic E-state index is -0.505. The molecule has 0 spiro atoms. The Hall–Kier alpha value is -2.42. The number of amides is 3. The second kappa shape index (κ2) is 13.9. The average molecular weight is 464 g/mol. The molecule has 2 rings (SSSR count). The predicted octanol–water partition coefficient (Wildman–Crippen LogP) is 2.90. The first-order valence-corrected chi connectivity index (χ1v) is 12.6. The third-order valence-corrected chi connectivity index (χ3v) is 6.66. The predicted molar refractivity (Wildman–Crippen MR) is 128 cm³/mol. The molecule has 32 heavy (non-hydrogen) atoms. The highest BCUT2D eigenvalue weighted by Gasteiger charge is 2.33. The normalized spacial score (nSPS) is 15.5. The maximum Gasteiger partial charge on any atom is 0.243 e. The van der Waals surface area contributed by atoms with Crippen LogP contribution >= 0.6 is 11.3 Å². The molecule has 1 aromatic heterocycles. The Bertz CT molecular complexity index is 779. The van der Waals surface area contributed by atoms with E-state index in [-0.39, 0.29) is 30.1 Å². The number of nitrogens with two attached hydrogens (primary N) is 1. The summed E-state index contributed by atoms with van der Waals surface area (Å²) in [5.74, 6) is -0.514. The summed E-state index contributed by atoms with van der Waals surface area (Å²) in [6, 6.07) is 1.28. The van der Waals surface area contributed by atoms with E-state index in [1.54, 1.807) is 16.3 Å². The number of thiophene rings is 1. The average Bonchev–Trinajstić information content (AvgIpc) is 3.45. The third-order valence-electron chi connectivity index (χ3n) is 5.72. The van der Waals surface area contributed by atoms with Gasteiger partial charge in [-0.2, -0.15) is 0 Å². The highest BCUT2D eigenvalue weighted by molar-refractivity contribution is 7.10. The van der Waals surface area contributed by atoms with Gasteiger partial charge in [0.2, 0.25) is 17.7 Å². The quantitative estimate of drug-likeness (QED) is 0.192. The first-order valence-electron chi connectivity index (χ1n) is 11.7. The van der Waals surface area contributed by atoms with Gasteiger partial charge in [-0.15, -0.1) is 11.3 Å². The van der Waals surface area contributed by atoms with Crippen molar-refractivity contribution in [3.8, 4) is 0 Å². The first-order chi connectivity index (χ1) is 15.4. The fourth-order valence-electron chi connectivity index (χ4n) is 3.85. The topological polar surface area (TPSA) is 128 Å². The molecule has 5 N–H and O–H groups in total. The smallest absolute Gasteiger partial charge is 0.243 e. The zero-order valence-electron chi connectivity index (χ0n) is 19.1. The van der Waals surface area contributed by atoms with E-state index in [0.717, 1.165) is 30.6 Å². The molecule has 178 valence electrons. The molecule has 0 radical (unpaired) electrons. The van der Waals surface area contributed by atoms with E-state index in [1.165, 1.54) is 37.0 Å². The van der Waals surface area contributed by atoms with E-state index in [1.807, 2.05) is 0 Å². The van der Waals surface area contributed by atoms with Crippen LogP contribution in [0.1, 0.15) is 81.6 Å². The molecule has 2 heterocycles. The number of carbonyl (C=O) groups is 3. The van der Waals surface area contributed by atoms with Gasteiger partial charge < -0.3 is 21.3 Å². The molecule has 1 saturated heterocycles. The van der Waals surface area contributed by atoms with Gasteiger partial charge in [0.05, 0.1) is 13.1 Å². The molecule has 1 aromatic rings. The molecular formula is C23H37N5O3S. The monoisotopic (exact) mass is 463 g/mol. The number of nitrogen functional groups attached to an aromatic ring is 1. The van der Waals surface area contributed by atoms with Gasteiger partial charge in [0.15, 0.2) is 0 Å². The largest absolute Gasteiger partial charge is 0.384 e. The Morgan fingerprint density at radius 3 is 2.56 bits per heavy atom. The van der Waals surface area contributed by atoms with Crippen LogP contribution in [0.4, 0.5) is 0 Å². The van der Waals surface area contributed by atoms with Crippen LogP contribution in [0.5, 0.6) is 0 Å². The highest BCUT2D eigenvalue weighted by atomic mass is 32.1. The van der Waals surface area contributed by atoms with Gasteiger partial charge in [0.25, 0.3) is 0 Å². The Balaban J connectivity index is 1.67. The summed E-state index contributed by atoms with van der Waals surface area (Å²) in [5, 5.41) is 14.8. The van der Waals surface area contributed by atoms with Crippen LogP contribution in [-0.4, -0.2) is 47.6 Å². The maximum absolute atomic E-state index is 12.6. The van der Waals surface area contributed by atoms with Crippen LogP contribution in [0.25, 0.3) is 0 Å². The Morgan fingerprint density at radius 2 is 1.88 bits per heavy atom. The van der Waals surface area contributed by atoms with Crippen molar-refractivity contribution in [1.82, 2.24) is 15.5 Å². The van der Waals surface area contributed by atoms with E-state index < -0.39 is 6.04 Å². The summed E-state index contributed by atoms with van der Waals surface area (Å²) in [7, 11) is 0. The van der Waals surface area contributed by atoms with Crippen LogP contribution in [0.15, 0.2) is 11.4 Å². The molecule has 1 aliphatic rings. The van der Waals surface area contributed by atoms with Crippen molar-refractivity contribution < 1.29 is 14.4 Å². The van der Waals surface area contributed by atoms with Crippen LogP contribution in [0, 0.1) is 5.41 Å². The summed E-state index contributed by atoms with van der Waals surface area (Å²) in [6.45, 7) is 2.99. The lowest BCUT2D eigenvalue weighted by Gasteiger charge is -2.24. The van der Waals surface area contributed by atoms with Gasteiger partial charge in [-0.05, 0) is 25.3 Å². The molecule has 1 atom stereocenters. The van der Waals surface area contributed by atoms with Crippen molar-refractivity contribution in [1.29, 1.82) is 5.41 Å². The van der Waals surface area contributed by atoms with Crippen LogP contribution in [0.3, 0.4) is 0 Å². The lowest BCUT2D eigenvalue weighted by atomic mass is 10.1. The fourth-order valence-corrected chi connectivity index (χ4v) is 4.68. The Labute approximate surface area is 194 Å². The molecular weight excluding hydrogens is 426 g/mol. The van der Waals surface area contributed by atoms with Gasteiger partial charge in [0.1, 0.15) is 11.9 Å².